The summed E-state index contributed by atoms with van der Waals surface area (Å²) in [5.41, 5.74) is 1.03. The van der Waals surface area contributed by atoms with Crippen LogP contribution >= 0.6 is 27.5 Å². The molecule has 0 aliphatic carbocycles. The lowest BCUT2D eigenvalue weighted by molar-refractivity contribution is 0.129. The summed E-state index contributed by atoms with van der Waals surface area (Å²) in [4.78, 5) is 0. The van der Waals surface area contributed by atoms with Crippen molar-refractivity contribution in [3.63, 3.8) is 0 Å². The highest BCUT2D eigenvalue weighted by molar-refractivity contribution is 9.10. The third kappa shape index (κ3) is 3.48. The zero-order valence-electron chi connectivity index (χ0n) is 8.18. The maximum Gasteiger partial charge on any atom is 0.0715 e. The number of nitrogens with one attached hydrogen (secondary N) is 1. The second-order valence-corrected chi connectivity index (χ2v) is 4.32. The van der Waals surface area contributed by atoms with Gasteiger partial charge in [0.1, 0.15) is 0 Å². The molecule has 0 fully saturated rings. The van der Waals surface area contributed by atoms with Gasteiger partial charge in [0.2, 0.25) is 0 Å². The molecule has 1 N–H and O–H groups in total. The summed E-state index contributed by atoms with van der Waals surface area (Å²) in [5, 5.41) is 3.97. The van der Waals surface area contributed by atoms with Crippen LogP contribution in [-0.4, -0.2) is 19.8 Å². The lowest BCUT2D eigenvalue weighted by Gasteiger charge is -2.12. The summed E-state index contributed by atoms with van der Waals surface area (Å²) in [7, 11) is 1.70. The van der Waals surface area contributed by atoms with E-state index in [1.807, 2.05) is 25.1 Å². The summed E-state index contributed by atoms with van der Waals surface area (Å²) in [6.07, 6.45) is 0.199. The van der Waals surface area contributed by atoms with Gasteiger partial charge in [-0.3, -0.25) is 0 Å². The van der Waals surface area contributed by atoms with E-state index in [2.05, 4.69) is 21.2 Å². The van der Waals surface area contributed by atoms with Crippen LogP contribution in [0.25, 0.3) is 0 Å². The molecule has 78 valence electrons. The van der Waals surface area contributed by atoms with Crippen LogP contribution in [0.15, 0.2) is 22.7 Å². The van der Waals surface area contributed by atoms with E-state index in [1.165, 1.54) is 0 Å². The summed E-state index contributed by atoms with van der Waals surface area (Å²) < 4.78 is 6.02. The molecular formula is C10H13BrClNO. The minimum Gasteiger partial charge on any atom is -0.382 e. The van der Waals surface area contributed by atoms with Crippen LogP contribution in [0.3, 0.4) is 0 Å². The SMILES string of the molecule is COC(C)CNc1ccc(Cl)c(Br)c1. The quantitative estimate of drug-likeness (QED) is 0.909. The fourth-order valence-electron chi connectivity index (χ4n) is 0.951. The van der Waals surface area contributed by atoms with Crippen molar-refractivity contribution in [2.45, 2.75) is 13.0 Å². The molecule has 14 heavy (non-hydrogen) atoms. The van der Waals surface area contributed by atoms with Crippen molar-refractivity contribution >= 4 is 33.2 Å². The van der Waals surface area contributed by atoms with Gasteiger partial charge in [0.25, 0.3) is 0 Å². The Morgan fingerprint density at radius 2 is 2.29 bits per heavy atom. The molecule has 0 saturated heterocycles. The molecule has 0 bridgehead atoms. The second kappa shape index (κ2) is 5.59. The normalized spacial score (nSPS) is 12.6. The number of ether oxygens (including phenoxy) is 1. The Morgan fingerprint density at radius 3 is 2.86 bits per heavy atom. The van der Waals surface area contributed by atoms with E-state index in [-0.39, 0.29) is 6.10 Å². The first-order valence-electron chi connectivity index (χ1n) is 4.35. The zero-order valence-corrected chi connectivity index (χ0v) is 10.5. The monoisotopic (exact) mass is 277 g/mol. The Balaban J connectivity index is 2.55. The first kappa shape index (κ1) is 11.8. The summed E-state index contributed by atoms with van der Waals surface area (Å²) >= 11 is 9.24. The van der Waals surface area contributed by atoms with Gasteiger partial charge in [-0.05, 0) is 41.1 Å². The van der Waals surface area contributed by atoms with E-state index in [0.717, 1.165) is 21.7 Å². The molecule has 0 amide bonds. The van der Waals surface area contributed by atoms with Gasteiger partial charge < -0.3 is 10.1 Å². The summed E-state index contributed by atoms with van der Waals surface area (Å²) in [6, 6.07) is 5.74. The average molecular weight is 279 g/mol. The van der Waals surface area contributed by atoms with Gasteiger partial charge >= 0.3 is 0 Å². The van der Waals surface area contributed by atoms with Crippen molar-refractivity contribution in [1.82, 2.24) is 0 Å². The first-order valence-corrected chi connectivity index (χ1v) is 5.52. The molecule has 2 nitrogen and oxygen atoms in total. The molecule has 1 rings (SSSR count). The predicted octanol–water partition coefficient (Wildman–Crippen LogP) is 3.55. The van der Waals surface area contributed by atoms with Gasteiger partial charge in [-0.25, -0.2) is 0 Å². The van der Waals surface area contributed by atoms with Gasteiger partial charge in [0, 0.05) is 23.8 Å². The largest absolute Gasteiger partial charge is 0.382 e. The van der Waals surface area contributed by atoms with Gasteiger partial charge in [-0.1, -0.05) is 11.6 Å². The lowest BCUT2D eigenvalue weighted by atomic mass is 10.3. The minimum atomic E-state index is 0.199. The fourth-order valence-corrected chi connectivity index (χ4v) is 1.45. The molecule has 1 atom stereocenters. The standard InChI is InChI=1S/C10H13BrClNO/c1-7(14-2)6-13-8-3-4-10(12)9(11)5-8/h3-5,7,13H,6H2,1-2H3. The third-order valence-electron chi connectivity index (χ3n) is 1.92. The number of hydrogen-bond acceptors (Lipinski definition) is 2. The highest BCUT2D eigenvalue weighted by Gasteiger charge is 2.01. The zero-order chi connectivity index (χ0) is 10.6. The van der Waals surface area contributed by atoms with E-state index in [0.29, 0.717) is 0 Å². The number of anilines is 1. The molecule has 0 aromatic heterocycles. The van der Waals surface area contributed by atoms with Gasteiger partial charge in [-0.15, -0.1) is 0 Å². The van der Waals surface area contributed by atoms with Crippen LogP contribution < -0.4 is 5.32 Å². The molecule has 0 heterocycles. The number of benzene rings is 1. The molecule has 1 unspecified atom stereocenters. The lowest BCUT2D eigenvalue weighted by Crippen LogP contribution is -2.17. The van der Waals surface area contributed by atoms with E-state index < -0.39 is 0 Å². The van der Waals surface area contributed by atoms with Crippen molar-refractivity contribution in [3.8, 4) is 0 Å². The maximum absolute atomic E-state index is 5.87. The van der Waals surface area contributed by atoms with Crippen molar-refractivity contribution in [2.24, 2.45) is 0 Å². The second-order valence-electron chi connectivity index (χ2n) is 3.06. The number of rotatable bonds is 4. The Morgan fingerprint density at radius 1 is 1.57 bits per heavy atom. The van der Waals surface area contributed by atoms with Crippen LogP contribution in [0.4, 0.5) is 5.69 Å². The van der Waals surface area contributed by atoms with Gasteiger partial charge in [-0.2, -0.15) is 0 Å². The summed E-state index contributed by atoms with van der Waals surface area (Å²) in [6.45, 7) is 2.79. The Bertz CT molecular complexity index is 306. The summed E-state index contributed by atoms with van der Waals surface area (Å²) in [5.74, 6) is 0. The van der Waals surface area contributed by atoms with Crippen molar-refractivity contribution < 1.29 is 4.74 Å². The highest BCUT2D eigenvalue weighted by atomic mass is 79.9. The molecular weight excluding hydrogens is 265 g/mol. The van der Waals surface area contributed by atoms with Crippen molar-refractivity contribution in [2.75, 3.05) is 19.0 Å². The number of halogens is 2. The molecule has 0 spiro atoms. The predicted molar refractivity (Wildman–Crippen MR) is 64.1 cm³/mol. The highest BCUT2D eigenvalue weighted by Crippen LogP contribution is 2.25. The third-order valence-corrected chi connectivity index (χ3v) is 3.13. The molecule has 0 aliphatic rings. The van der Waals surface area contributed by atoms with Crippen molar-refractivity contribution in [1.29, 1.82) is 0 Å². The molecule has 0 radical (unpaired) electrons. The molecule has 4 heteroatoms. The van der Waals surface area contributed by atoms with Gasteiger partial charge in [0.05, 0.1) is 11.1 Å². The molecule has 0 aliphatic heterocycles. The first-order chi connectivity index (χ1) is 6.63. The average Bonchev–Trinajstić information content (AvgIpc) is 2.19. The van der Waals surface area contributed by atoms with Crippen LogP contribution in [0.1, 0.15) is 6.92 Å². The Kier molecular flexibility index (Phi) is 4.72. The van der Waals surface area contributed by atoms with Crippen LogP contribution in [0.2, 0.25) is 5.02 Å². The Labute approximate surface area is 97.7 Å². The smallest absolute Gasteiger partial charge is 0.0715 e. The van der Waals surface area contributed by atoms with E-state index >= 15 is 0 Å². The van der Waals surface area contributed by atoms with Crippen molar-refractivity contribution in [3.05, 3.63) is 27.7 Å². The molecule has 1 aromatic carbocycles. The molecule has 0 saturated carbocycles. The van der Waals surface area contributed by atoms with Crippen LogP contribution in [0.5, 0.6) is 0 Å². The molecule has 1 aromatic rings. The van der Waals surface area contributed by atoms with E-state index in [9.17, 15) is 0 Å². The topological polar surface area (TPSA) is 21.3 Å². The fraction of sp³-hybridized carbons (Fsp3) is 0.400. The number of methoxy groups -OCH3 is 1. The minimum absolute atomic E-state index is 0.199. The van der Waals surface area contributed by atoms with E-state index in [1.54, 1.807) is 7.11 Å². The van der Waals surface area contributed by atoms with E-state index in [4.69, 9.17) is 16.3 Å². The van der Waals surface area contributed by atoms with Crippen LogP contribution in [0, 0.1) is 0 Å². The van der Waals surface area contributed by atoms with Gasteiger partial charge in [0.15, 0.2) is 0 Å². The maximum atomic E-state index is 5.87. The number of hydrogen-bond donors (Lipinski definition) is 1. The Hall–Kier alpha value is -0.250. The van der Waals surface area contributed by atoms with Crippen LogP contribution in [-0.2, 0) is 4.74 Å².